The quantitative estimate of drug-likeness (QED) is 0.648. The molecule has 1 unspecified atom stereocenters. The molecule has 2 heteroatoms. The molecule has 0 aromatic heterocycles. The molecule has 2 nitrogen and oxygen atoms in total. The SMILES string of the molecule is O=CC1CCN1Cc1ccccc1. The van der Waals surface area contributed by atoms with Gasteiger partial charge in [-0.15, -0.1) is 0 Å². The Balaban J connectivity index is 1.95. The molecule has 1 aliphatic rings. The molecule has 0 radical (unpaired) electrons. The zero-order chi connectivity index (χ0) is 9.10. The van der Waals surface area contributed by atoms with Crippen molar-refractivity contribution in [2.24, 2.45) is 0 Å². The lowest BCUT2D eigenvalue weighted by Gasteiger charge is -2.37. The normalized spacial score (nSPS) is 22.3. The molecule has 13 heavy (non-hydrogen) atoms. The van der Waals surface area contributed by atoms with Crippen LogP contribution in [0.25, 0.3) is 0 Å². The first-order chi connectivity index (χ1) is 6.40. The summed E-state index contributed by atoms with van der Waals surface area (Å²) in [5.74, 6) is 0. The summed E-state index contributed by atoms with van der Waals surface area (Å²) in [6.45, 7) is 1.96. The number of carbonyl (C=O) groups excluding carboxylic acids is 1. The molecule has 1 heterocycles. The number of likely N-dealkylation sites (tertiary alicyclic amines) is 1. The Hall–Kier alpha value is -1.15. The standard InChI is InChI=1S/C11H13NO/c13-9-11-6-7-12(11)8-10-4-2-1-3-5-10/h1-5,9,11H,6-8H2. The van der Waals surface area contributed by atoms with E-state index in [1.54, 1.807) is 0 Å². The van der Waals surface area contributed by atoms with Crippen molar-refractivity contribution in [3.8, 4) is 0 Å². The second-order valence-corrected chi connectivity index (χ2v) is 3.45. The summed E-state index contributed by atoms with van der Waals surface area (Å²) in [7, 11) is 0. The van der Waals surface area contributed by atoms with Gasteiger partial charge >= 0.3 is 0 Å². The van der Waals surface area contributed by atoms with E-state index >= 15 is 0 Å². The van der Waals surface area contributed by atoms with E-state index in [1.807, 2.05) is 18.2 Å². The molecule has 0 aliphatic carbocycles. The molecular formula is C11H13NO. The molecule has 1 atom stereocenters. The predicted octanol–water partition coefficient (Wildman–Crippen LogP) is 1.46. The van der Waals surface area contributed by atoms with Gasteiger partial charge in [0.25, 0.3) is 0 Å². The molecule has 2 rings (SSSR count). The number of nitrogens with zero attached hydrogens (tertiary/aromatic N) is 1. The lowest BCUT2D eigenvalue weighted by molar-refractivity contribution is -0.116. The van der Waals surface area contributed by atoms with Crippen molar-refractivity contribution in [1.82, 2.24) is 4.90 Å². The highest BCUT2D eigenvalue weighted by Crippen LogP contribution is 2.18. The van der Waals surface area contributed by atoms with Gasteiger partial charge in [-0.2, -0.15) is 0 Å². The summed E-state index contributed by atoms with van der Waals surface area (Å²) in [5.41, 5.74) is 1.29. The zero-order valence-corrected chi connectivity index (χ0v) is 7.52. The molecule has 0 bridgehead atoms. The van der Waals surface area contributed by atoms with Crippen molar-refractivity contribution in [2.45, 2.75) is 19.0 Å². The van der Waals surface area contributed by atoms with Crippen LogP contribution in [0.1, 0.15) is 12.0 Å². The van der Waals surface area contributed by atoms with Gasteiger partial charge in [-0.05, 0) is 12.0 Å². The van der Waals surface area contributed by atoms with E-state index in [0.717, 1.165) is 25.8 Å². The number of benzene rings is 1. The fourth-order valence-electron chi connectivity index (χ4n) is 1.63. The Labute approximate surface area is 78.2 Å². The van der Waals surface area contributed by atoms with Crippen molar-refractivity contribution in [1.29, 1.82) is 0 Å². The number of aldehydes is 1. The van der Waals surface area contributed by atoms with Gasteiger partial charge in [0.1, 0.15) is 6.29 Å². The lowest BCUT2D eigenvalue weighted by Crippen LogP contribution is -2.47. The average molecular weight is 175 g/mol. The van der Waals surface area contributed by atoms with Crippen LogP contribution < -0.4 is 0 Å². The van der Waals surface area contributed by atoms with E-state index in [9.17, 15) is 4.79 Å². The fourth-order valence-corrected chi connectivity index (χ4v) is 1.63. The highest BCUT2D eigenvalue weighted by atomic mass is 16.1. The van der Waals surface area contributed by atoms with E-state index < -0.39 is 0 Å². The molecular weight excluding hydrogens is 162 g/mol. The highest BCUT2D eigenvalue weighted by Gasteiger charge is 2.26. The monoisotopic (exact) mass is 175 g/mol. The van der Waals surface area contributed by atoms with Gasteiger partial charge in [0.2, 0.25) is 0 Å². The third kappa shape index (κ3) is 1.78. The first-order valence-electron chi connectivity index (χ1n) is 4.63. The molecule has 0 saturated carbocycles. The summed E-state index contributed by atoms with van der Waals surface area (Å²) < 4.78 is 0. The molecule has 1 fully saturated rings. The van der Waals surface area contributed by atoms with Gasteiger partial charge in [-0.1, -0.05) is 30.3 Å². The lowest BCUT2D eigenvalue weighted by atomic mass is 10.0. The van der Waals surface area contributed by atoms with Gasteiger partial charge in [0.05, 0.1) is 6.04 Å². The van der Waals surface area contributed by atoms with Crippen molar-refractivity contribution in [3.05, 3.63) is 35.9 Å². The molecule has 1 aromatic rings. The molecule has 68 valence electrons. The third-order valence-electron chi connectivity index (χ3n) is 2.57. The smallest absolute Gasteiger partial charge is 0.137 e. The highest BCUT2D eigenvalue weighted by molar-refractivity contribution is 5.59. The van der Waals surface area contributed by atoms with Crippen LogP contribution in [0.15, 0.2) is 30.3 Å². The second-order valence-electron chi connectivity index (χ2n) is 3.45. The topological polar surface area (TPSA) is 20.3 Å². The summed E-state index contributed by atoms with van der Waals surface area (Å²) >= 11 is 0. The molecule has 1 aliphatic heterocycles. The average Bonchev–Trinajstić information content (AvgIpc) is 2.15. The third-order valence-corrected chi connectivity index (χ3v) is 2.57. The minimum Gasteiger partial charge on any atom is -0.302 e. The van der Waals surface area contributed by atoms with Gasteiger partial charge < -0.3 is 4.79 Å². The number of hydrogen-bond acceptors (Lipinski definition) is 2. The first kappa shape index (κ1) is 8.45. The van der Waals surface area contributed by atoms with Crippen LogP contribution in [-0.4, -0.2) is 23.8 Å². The molecule has 0 N–H and O–H groups in total. The van der Waals surface area contributed by atoms with Gasteiger partial charge in [0.15, 0.2) is 0 Å². The molecule has 0 amide bonds. The minimum atomic E-state index is 0.167. The van der Waals surface area contributed by atoms with E-state index in [2.05, 4.69) is 17.0 Å². The Morgan fingerprint density at radius 1 is 1.38 bits per heavy atom. The minimum absolute atomic E-state index is 0.167. The maximum Gasteiger partial charge on any atom is 0.137 e. The number of hydrogen-bond donors (Lipinski definition) is 0. The van der Waals surface area contributed by atoms with Crippen molar-refractivity contribution in [3.63, 3.8) is 0 Å². The fraction of sp³-hybridized carbons (Fsp3) is 0.364. The number of rotatable bonds is 3. The van der Waals surface area contributed by atoms with E-state index in [-0.39, 0.29) is 6.04 Å². The van der Waals surface area contributed by atoms with Gasteiger partial charge in [-0.25, -0.2) is 0 Å². The largest absolute Gasteiger partial charge is 0.302 e. The van der Waals surface area contributed by atoms with Crippen LogP contribution >= 0.6 is 0 Å². The van der Waals surface area contributed by atoms with E-state index in [1.165, 1.54) is 5.56 Å². The van der Waals surface area contributed by atoms with E-state index in [4.69, 9.17) is 0 Å². The summed E-state index contributed by atoms with van der Waals surface area (Å²) in [4.78, 5) is 12.7. The first-order valence-corrected chi connectivity index (χ1v) is 4.63. The number of carbonyl (C=O) groups is 1. The predicted molar refractivity (Wildman–Crippen MR) is 51.3 cm³/mol. The van der Waals surface area contributed by atoms with Crippen molar-refractivity contribution in [2.75, 3.05) is 6.54 Å². The van der Waals surface area contributed by atoms with Gasteiger partial charge in [0, 0.05) is 13.1 Å². The van der Waals surface area contributed by atoms with Crippen molar-refractivity contribution >= 4 is 6.29 Å². The maximum absolute atomic E-state index is 10.5. The Morgan fingerprint density at radius 3 is 2.69 bits per heavy atom. The van der Waals surface area contributed by atoms with Crippen LogP contribution in [-0.2, 0) is 11.3 Å². The van der Waals surface area contributed by atoms with Crippen LogP contribution in [0.5, 0.6) is 0 Å². The zero-order valence-electron chi connectivity index (χ0n) is 7.52. The molecule has 0 spiro atoms. The summed E-state index contributed by atoms with van der Waals surface area (Å²) in [6, 6.07) is 10.4. The van der Waals surface area contributed by atoms with Crippen LogP contribution in [0.2, 0.25) is 0 Å². The Bertz CT molecular complexity index is 283. The summed E-state index contributed by atoms with van der Waals surface area (Å²) in [5, 5.41) is 0. The van der Waals surface area contributed by atoms with Crippen LogP contribution in [0.3, 0.4) is 0 Å². The van der Waals surface area contributed by atoms with Crippen LogP contribution in [0.4, 0.5) is 0 Å². The van der Waals surface area contributed by atoms with Crippen molar-refractivity contribution < 1.29 is 4.79 Å². The molecule has 1 saturated heterocycles. The second kappa shape index (κ2) is 3.71. The molecule has 1 aromatic carbocycles. The maximum atomic E-state index is 10.5. The Kier molecular flexibility index (Phi) is 2.41. The van der Waals surface area contributed by atoms with E-state index in [0.29, 0.717) is 0 Å². The van der Waals surface area contributed by atoms with Gasteiger partial charge in [-0.3, -0.25) is 4.90 Å². The summed E-state index contributed by atoms with van der Waals surface area (Å²) in [6.07, 6.45) is 2.07. The Morgan fingerprint density at radius 2 is 2.15 bits per heavy atom. The van der Waals surface area contributed by atoms with Crippen LogP contribution in [0, 0.1) is 0 Å².